The number of aromatic amines is 1. The van der Waals surface area contributed by atoms with Crippen LogP contribution in [-0.4, -0.2) is 32.7 Å². The highest BCUT2D eigenvalue weighted by Crippen LogP contribution is 2.35. The van der Waals surface area contributed by atoms with Crippen LogP contribution < -0.4 is 5.32 Å². The maximum atomic E-state index is 12.6. The number of aryl methyl sites for hydroxylation is 4. The Morgan fingerprint density at radius 3 is 2.68 bits per heavy atom. The van der Waals surface area contributed by atoms with E-state index >= 15 is 0 Å². The standard InChI is InChI=1S/C15H21N5OS/c1-8-11(4)22-14(16-8)17-15(21)20-7-5-6-12(20)13-9(2)18-19-10(13)3/h12H,5-7H2,1-4H3,(H,18,19)(H,16,17,21)/t12-/m0/s1. The highest BCUT2D eigenvalue weighted by atomic mass is 32.1. The molecule has 22 heavy (non-hydrogen) atoms. The number of thiazole rings is 1. The summed E-state index contributed by atoms with van der Waals surface area (Å²) in [7, 11) is 0. The molecule has 0 saturated carbocycles. The summed E-state index contributed by atoms with van der Waals surface area (Å²) in [5.41, 5.74) is 4.14. The Kier molecular flexibility index (Phi) is 3.90. The van der Waals surface area contributed by atoms with Crippen LogP contribution in [0.25, 0.3) is 0 Å². The van der Waals surface area contributed by atoms with Crippen molar-refractivity contribution < 1.29 is 4.79 Å². The van der Waals surface area contributed by atoms with Crippen LogP contribution in [-0.2, 0) is 0 Å². The lowest BCUT2D eigenvalue weighted by Gasteiger charge is -2.25. The monoisotopic (exact) mass is 319 g/mol. The Morgan fingerprint density at radius 1 is 1.32 bits per heavy atom. The molecule has 1 aliphatic heterocycles. The van der Waals surface area contributed by atoms with Gasteiger partial charge in [-0.05, 0) is 40.5 Å². The van der Waals surface area contributed by atoms with E-state index in [4.69, 9.17) is 0 Å². The fourth-order valence-electron chi connectivity index (χ4n) is 3.05. The minimum Gasteiger partial charge on any atom is -0.317 e. The number of likely N-dealkylation sites (tertiary alicyclic amines) is 1. The molecule has 0 unspecified atom stereocenters. The van der Waals surface area contributed by atoms with E-state index in [1.165, 1.54) is 11.3 Å². The van der Waals surface area contributed by atoms with Crippen LogP contribution in [0.5, 0.6) is 0 Å². The first kappa shape index (κ1) is 15.0. The molecule has 0 bridgehead atoms. The van der Waals surface area contributed by atoms with E-state index in [9.17, 15) is 4.79 Å². The number of aromatic nitrogens is 3. The minimum atomic E-state index is -0.0729. The predicted octanol–water partition coefficient (Wildman–Crippen LogP) is 3.47. The maximum absolute atomic E-state index is 12.6. The number of rotatable bonds is 2. The molecule has 0 radical (unpaired) electrons. The average molecular weight is 319 g/mol. The van der Waals surface area contributed by atoms with Gasteiger partial charge in [-0.25, -0.2) is 9.78 Å². The average Bonchev–Trinajstić information content (AvgIpc) is 3.12. The van der Waals surface area contributed by atoms with E-state index in [1.807, 2.05) is 32.6 Å². The van der Waals surface area contributed by atoms with Crippen LogP contribution in [0.4, 0.5) is 9.93 Å². The van der Waals surface area contributed by atoms with Gasteiger partial charge in [-0.2, -0.15) is 5.10 Å². The zero-order valence-electron chi connectivity index (χ0n) is 13.4. The first-order valence-electron chi connectivity index (χ1n) is 7.50. The number of carbonyl (C=O) groups excluding carboxylic acids is 1. The molecule has 2 aromatic rings. The van der Waals surface area contributed by atoms with Gasteiger partial charge in [-0.3, -0.25) is 10.4 Å². The number of carbonyl (C=O) groups is 1. The summed E-state index contributed by atoms with van der Waals surface area (Å²) in [6.07, 6.45) is 1.99. The Morgan fingerprint density at radius 2 is 2.09 bits per heavy atom. The molecule has 7 heteroatoms. The number of H-pyrrole nitrogens is 1. The van der Waals surface area contributed by atoms with Gasteiger partial charge in [0.25, 0.3) is 0 Å². The van der Waals surface area contributed by atoms with Crippen LogP contribution in [0.15, 0.2) is 0 Å². The second kappa shape index (κ2) is 5.72. The predicted molar refractivity (Wildman–Crippen MR) is 87.3 cm³/mol. The number of hydrogen-bond donors (Lipinski definition) is 2. The summed E-state index contributed by atoms with van der Waals surface area (Å²) in [5, 5.41) is 10.9. The molecule has 1 saturated heterocycles. The van der Waals surface area contributed by atoms with Gasteiger partial charge in [0.05, 0.1) is 17.4 Å². The van der Waals surface area contributed by atoms with Gasteiger partial charge in [0.1, 0.15) is 0 Å². The molecule has 118 valence electrons. The molecule has 3 rings (SSSR count). The zero-order valence-corrected chi connectivity index (χ0v) is 14.2. The fourth-order valence-corrected chi connectivity index (χ4v) is 3.85. The summed E-state index contributed by atoms with van der Waals surface area (Å²) in [5.74, 6) is 0. The van der Waals surface area contributed by atoms with Crippen molar-refractivity contribution in [2.75, 3.05) is 11.9 Å². The minimum absolute atomic E-state index is 0.0729. The van der Waals surface area contributed by atoms with Crippen LogP contribution in [0, 0.1) is 27.7 Å². The Bertz CT molecular complexity index is 666. The third kappa shape index (κ3) is 2.61. The highest BCUT2D eigenvalue weighted by Gasteiger charge is 2.33. The van der Waals surface area contributed by atoms with Crippen molar-refractivity contribution in [2.45, 2.75) is 46.6 Å². The third-order valence-corrected chi connectivity index (χ3v) is 5.26. The summed E-state index contributed by atoms with van der Waals surface area (Å²) in [4.78, 5) is 20.0. The first-order chi connectivity index (χ1) is 10.5. The number of nitrogens with zero attached hydrogens (tertiary/aromatic N) is 3. The smallest absolute Gasteiger partial charge is 0.317 e. The summed E-state index contributed by atoms with van der Waals surface area (Å²) in [6, 6.07) is 0.0251. The molecule has 2 N–H and O–H groups in total. The van der Waals surface area contributed by atoms with Gasteiger partial charge < -0.3 is 4.90 Å². The van der Waals surface area contributed by atoms with E-state index in [2.05, 4.69) is 20.5 Å². The fraction of sp³-hybridized carbons (Fsp3) is 0.533. The summed E-state index contributed by atoms with van der Waals surface area (Å²) in [6.45, 7) is 8.74. The van der Waals surface area contributed by atoms with Gasteiger partial charge in [0.15, 0.2) is 5.13 Å². The second-order valence-electron chi connectivity index (χ2n) is 5.79. The summed E-state index contributed by atoms with van der Waals surface area (Å²) < 4.78 is 0. The van der Waals surface area contributed by atoms with Crippen LogP contribution in [0.2, 0.25) is 0 Å². The van der Waals surface area contributed by atoms with Crippen molar-refractivity contribution >= 4 is 22.5 Å². The maximum Gasteiger partial charge on any atom is 0.324 e. The van der Waals surface area contributed by atoms with Crippen molar-refractivity contribution in [3.8, 4) is 0 Å². The molecule has 2 amide bonds. The molecule has 3 heterocycles. The molecule has 1 aliphatic rings. The van der Waals surface area contributed by atoms with Crippen molar-refractivity contribution in [1.82, 2.24) is 20.1 Å². The molecule has 0 spiro atoms. The molecular weight excluding hydrogens is 298 g/mol. The highest BCUT2D eigenvalue weighted by molar-refractivity contribution is 7.15. The van der Waals surface area contributed by atoms with Crippen molar-refractivity contribution in [1.29, 1.82) is 0 Å². The summed E-state index contributed by atoms with van der Waals surface area (Å²) >= 11 is 1.52. The van der Waals surface area contributed by atoms with Gasteiger partial charge in [0, 0.05) is 22.7 Å². The van der Waals surface area contributed by atoms with Gasteiger partial charge in [-0.15, -0.1) is 11.3 Å². The SMILES string of the molecule is Cc1nc(NC(=O)N2CCC[C@H]2c2c(C)n[nH]c2C)sc1C. The van der Waals surface area contributed by atoms with Crippen LogP contribution in [0.3, 0.4) is 0 Å². The Hall–Kier alpha value is -1.89. The van der Waals surface area contributed by atoms with Gasteiger partial charge in [-0.1, -0.05) is 0 Å². The number of hydrogen-bond acceptors (Lipinski definition) is 4. The number of amides is 2. The lowest BCUT2D eigenvalue weighted by molar-refractivity contribution is 0.207. The molecule has 0 aromatic carbocycles. The second-order valence-corrected chi connectivity index (χ2v) is 6.99. The normalized spacial score (nSPS) is 18.0. The lowest BCUT2D eigenvalue weighted by atomic mass is 10.0. The van der Waals surface area contributed by atoms with Crippen LogP contribution in [0.1, 0.15) is 46.4 Å². The number of nitrogens with one attached hydrogen (secondary N) is 2. The zero-order chi connectivity index (χ0) is 15.9. The quantitative estimate of drug-likeness (QED) is 0.890. The molecular formula is C15H21N5OS. The number of urea groups is 1. The number of anilines is 1. The largest absolute Gasteiger partial charge is 0.324 e. The van der Waals surface area contributed by atoms with Crippen molar-refractivity contribution in [2.24, 2.45) is 0 Å². The Balaban J connectivity index is 1.79. The molecule has 6 nitrogen and oxygen atoms in total. The van der Waals surface area contributed by atoms with E-state index in [0.717, 1.165) is 46.9 Å². The van der Waals surface area contributed by atoms with Gasteiger partial charge in [0.2, 0.25) is 0 Å². The van der Waals surface area contributed by atoms with E-state index in [1.54, 1.807) is 0 Å². The molecule has 1 fully saturated rings. The first-order valence-corrected chi connectivity index (χ1v) is 8.32. The van der Waals surface area contributed by atoms with E-state index < -0.39 is 0 Å². The van der Waals surface area contributed by atoms with E-state index in [-0.39, 0.29) is 12.1 Å². The topological polar surface area (TPSA) is 73.9 Å². The van der Waals surface area contributed by atoms with Crippen molar-refractivity contribution in [3.63, 3.8) is 0 Å². The third-order valence-electron chi connectivity index (χ3n) is 4.27. The van der Waals surface area contributed by atoms with E-state index in [0.29, 0.717) is 5.13 Å². The molecule has 2 aromatic heterocycles. The molecule has 1 atom stereocenters. The van der Waals surface area contributed by atoms with Crippen LogP contribution >= 0.6 is 11.3 Å². The molecule has 0 aliphatic carbocycles. The van der Waals surface area contributed by atoms with Gasteiger partial charge >= 0.3 is 6.03 Å². The lowest BCUT2D eigenvalue weighted by Crippen LogP contribution is -2.34. The Labute approximate surface area is 133 Å². The van der Waals surface area contributed by atoms with Crippen molar-refractivity contribution in [3.05, 3.63) is 27.5 Å².